The van der Waals surface area contributed by atoms with Crippen molar-refractivity contribution >= 4 is 27.5 Å². The molecule has 0 heterocycles. The number of halogens is 2. The highest BCUT2D eigenvalue weighted by Gasteiger charge is 2.00. The Bertz CT molecular complexity index is 243. The lowest BCUT2D eigenvalue weighted by atomic mass is 10.0. The Balaban J connectivity index is 2.41. The van der Waals surface area contributed by atoms with Crippen molar-refractivity contribution in [1.82, 2.24) is 0 Å². The van der Waals surface area contributed by atoms with Crippen LogP contribution in [-0.4, -0.2) is 5.33 Å². The zero-order valence-corrected chi connectivity index (χ0v) is 10.1. The summed E-state index contributed by atoms with van der Waals surface area (Å²) in [4.78, 5) is 0. The Hall–Kier alpha value is -0.0100. The van der Waals surface area contributed by atoms with E-state index in [9.17, 15) is 0 Å². The van der Waals surface area contributed by atoms with Crippen LogP contribution in [0.15, 0.2) is 24.3 Å². The van der Waals surface area contributed by atoms with E-state index < -0.39 is 0 Å². The molecule has 1 rings (SSSR count). The predicted octanol–water partition coefficient (Wildman–Crippen LogP) is 4.30. The minimum atomic E-state index is 0.746. The van der Waals surface area contributed by atoms with Crippen molar-refractivity contribution in [3.8, 4) is 0 Å². The molecule has 0 aliphatic carbocycles. The fourth-order valence-electron chi connectivity index (χ4n) is 1.14. The van der Waals surface area contributed by atoms with Crippen LogP contribution in [-0.2, 0) is 6.42 Å². The Morgan fingerprint density at radius 2 is 1.92 bits per heavy atom. The van der Waals surface area contributed by atoms with E-state index in [0.29, 0.717) is 0 Å². The molecule has 0 fully saturated rings. The molecular formula is C11H14BrCl. The van der Waals surface area contributed by atoms with Gasteiger partial charge in [0.05, 0.1) is 0 Å². The van der Waals surface area contributed by atoms with Gasteiger partial charge < -0.3 is 0 Å². The van der Waals surface area contributed by atoms with Crippen LogP contribution in [0.1, 0.15) is 18.9 Å². The van der Waals surface area contributed by atoms with Crippen molar-refractivity contribution < 1.29 is 0 Å². The van der Waals surface area contributed by atoms with Crippen LogP contribution in [0.5, 0.6) is 0 Å². The Labute approximate surface area is 93.4 Å². The number of rotatable bonds is 4. The molecule has 1 aromatic carbocycles. The molecule has 1 aromatic rings. The lowest BCUT2D eigenvalue weighted by Crippen LogP contribution is -1.97. The average Bonchev–Trinajstić information content (AvgIpc) is 2.16. The fourth-order valence-corrected chi connectivity index (χ4v) is 1.59. The summed E-state index contributed by atoms with van der Waals surface area (Å²) >= 11 is 9.27. The van der Waals surface area contributed by atoms with Crippen LogP contribution < -0.4 is 0 Å². The van der Waals surface area contributed by atoms with E-state index in [1.54, 1.807) is 0 Å². The zero-order chi connectivity index (χ0) is 9.68. The minimum Gasteiger partial charge on any atom is -0.0925 e. The molecular weight excluding hydrogens is 247 g/mol. The first-order valence-electron chi connectivity index (χ1n) is 4.53. The van der Waals surface area contributed by atoms with Crippen molar-refractivity contribution in [3.05, 3.63) is 34.9 Å². The molecule has 0 N–H and O–H groups in total. The molecule has 0 amide bonds. The molecule has 1 atom stereocenters. The molecule has 13 heavy (non-hydrogen) atoms. The van der Waals surface area contributed by atoms with Crippen molar-refractivity contribution in [1.29, 1.82) is 0 Å². The van der Waals surface area contributed by atoms with E-state index >= 15 is 0 Å². The quantitative estimate of drug-likeness (QED) is 0.709. The van der Waals surface area contributed by atoms with E-state index in [-0.39, 0.29) is 0 Å². The van der Waals surface area contributed by atoms with Crippen LogP contribution in [0.25, 0.3) is 0 Å². The summed E-state index contributed by atoms with van der Waals surface area (Å²) in [7, 11) is 0. The van der Waals surface area contributed by atoms with Gasteiger partial charge in [0.15, 0.2) is 0 Å². The van der Waals surface area contributed by atoms with Crippen molar-refractivity contribution in [2.75, 3.05) is 5.33 Å². The topological polar surface area (TPSA) is 0 Å². The lowest BCUT2D eigenvalue weighted by molar-refractivity contribution is 0.600. The maximum absolute atomic E-state index is 5.79. The van der Waals surface area contributed by atoms with Gasteiger partial charge in [-0.25, -0.2) is 0 Å². The van der Waals surface area contributed by atoms with E-state index in [1.807, 2.05) is 12.1 Å². The lowest BCUT2D eigenvalue weighted by Gasteiger charge is -2.06. The molecule has 0 nitrogen and oxygen atoms in total. The first-order chi connectivity index (χ1) is 6.22. The van der Waals surface area contributed by atoms with Gasteiger partial charge in [0.25, 0.3) is 0 Å². The second-order valence-electron chi connectivity index (χ2n) is 3.42. The first-order valence-corrected chi connectivity index (χ1v) is 6.02. The van der Waals surface area contributed by atoms with Crippen molar-refractivity contribution in [2.24, 2.45) is 5.92 Å². The highest BCUT2D eigenvalue weighted by Crippen LogP contribution is 2.14. The number of hydrogen-bond acceptors (Lipinski definition) is 0. The van der Waals surface area contributed by atoms with Crippen LogP contribution in [0.2, 0.25) is 5.02 Å². The summed E-state index contributed by atoms with van der Waals surface area (Å²) in [6, 6.07) is 8.11. The molecule has 0 aliphatic rings. The number of alkyl halides is 1. The van der Waals surface area contributed by atoms with Gasteiger partial charge in [0, 0.05) is 10.4 Å². The Morgan fingerprint density at radius 3 is 2.46 bits per heavy atom. The SMILES string of the molecule is CC(CBr)CCc1ccc(Cl)cc1. The molecule has 2 heteroatoms. The number of aryl methyl sites for hydroxylation is 1. The van der Waals surface area contributed by atoms with E-state index in [1.165, 1.54) is 12.0 Å². The third-order valence-electron chi connectivity index (χ3n) is 2.10. The summed E-state index contributed by atoms with van der Waals surface area (Å²) in [6.07, 6.45) is 2.37. The number of benzene rings is 1. The molecule has 0 aromatic heterocycles. The van der Waals surface area contributed by atoms with Gasteiger partial charge in [0.2, 0.25) is 0 Å². The molecule has 1 unspecified atom stereocenters. The molecule has 0 saturated carbocycles. The maximum Gasteiger partial charge on any atom is 0.0406 e. The Kier molecular flexibility index (Phi) is 4.82. The van der Waals surface area contributed by atoms with Crippen LogP contribution in [0.4, 0.5) is 0 Å². The molecule has 0 radical (unpaired) electrons. The monoisotopic (exact) mass is 260 g/mol. The standard InChI is InChI=1S/C11H14BrCl/c1-9(8-12)2-3-10-4-6-11(13)7-5-10/h4-7,9H,2-3,8H2,1H3. The van der Waals surface area contributed by atoms with E-state index in [0.717, 1.165) is 22.7 Å². The molecule has 0 spiro atoms. The first kappa shape index (κ1) is 11.1. The van der Waals surface area contributed by atoms with Gasteiger partial charge in [0.1, 0.15) is 0 Å². The van der Waals surface area contributed by atoms with Crippen LogP contribution in [0.3, 0.4) is 0 Å². The zero-order valence-electron chi connectivity index (χ0n) is 7.76. The minimum absolute atomic E-state index is 0.746. The molecule has 0 bridgehead atoms. The fraction of sp³-hybridized carbons (Fsp3) is 0.455. The van der Waals surface area contributed by atoms with Gasteiger partial charge in [-0.15, -0.1) is 0 Å². The van der Waals surface area contributed by atoms with E-state index in [2.05, 4.69) is 35.0 Å². The van der Waals surface area contributed by atoms with E-state index in [4.69, 9.17) is 11.6 Å². The predicted molar refractivity (Wildman–Crippen MR) is 62.7 cm³/mol. The summed E-state index contributed by atoms with van der Waals surface area (Å²) < 4.78 is 0. The maximum atomic E-state index is 5.79. The Morgan fingerprint density at radius 1 is 1.31 bits per heavy atom. The third-order valence-corrected chi connectivity index (χ3v) is 3.46. The van der Waals surface area contributed by atoms with Crippen LogP contribution in [0, 0.1) is 5.92 Å². The summed E-state index contributed by atoms with van der Waals surface area (Å²) in [5.41, 5.74) is 1.37. The summed E-state index contributed by atoms with van der Waals surface area (Å²) in [6.45, 7) is 2.25. The summed E-state index contributed by atoms with van der Waals surface area (Å²) in [5, 5.41) is 1.90. The number of hydrogen-bond donors (Lipinski definition) is 0. The highest BCUT2D eigenvalue weighted by molar-refractivity contribution is 9.09. The molecule has 0 saturated heterocycles. The van der Waals surface area contributed by atoms with Crippen molar-refractivity contribution in [3.63, 3.8) is 0 Å². The van der Waals surface area contributed by atoms with Gasteiger partial charge in [-0.2, -0.15) is 0 Å². The van der Waals surface area contributed by atoms with Crippen LogP contribution >= 0.6 is 27.5 Å². The highest BCUT2D eigenvalue weighted by atomic mass is 79.9. The van der Waals surface area contributed by atoms with Gasteiger partial charge in [-0.3, -0.25) is 0 Å². The molecule has 0 aliphatic heterocycles. The average molecular weight is 262 g/mol. The third kappa shape index (κ3) is 4.15. The molecule has 72 valence electrons. The van der Waals surface area contributed by atoms with Gasteiger partial charge in [-0.1, -0.05) is 46.6 Å². The largest absolute Gasteiger partial charge is 0.0925 e. The second kappa shape index (κ2) is 5.66. The van der Waals surface area contributed by atoms with Gasteiger partial charge in [-0.05, 0) is 36.5 Å². The van der Waals surface area contributed by atoms with Crippen molar-refractivity contribution in [2.45, 2.75) is 19.8 Å². The summed E-state index contributed by atoms with van der Waals surface area (Å²) in [5.74, 6) is 0.746. The normalized spacial score (nSPS) is 12.8. The smallest absolute Gasteiger partial charge is 0.0406 e. The van der Waals surface area contributed by atoms with Gasteiger partial charge >= 0.3 is 0 Å². The second-order valence-corrected chi connectivity index (χ2v) is 4.51.